The van der Waals surface area contributed by atoms with Crippen LogP contribution in [0.1, 0.15) is 36.8 Å². The van der Waals surface area contributed by atoms with E-state index in [0.29, 0.717) is 18.6 Å². The number of aryl methyl sites for hydroxylation is 1. The van der Waals surface area contributed by atoms with Gasteiger partial charge in [-0.05, 0) is 30.9 Å². The Kier molecular flexibility index (Phi) is 1.82. The molecular formula is C13H14O3. The summed E-state index contributed by atoms with van der Waals surface area (Å²) in [4.78, 5) is 11.5. The lowest BCUT2D eigenvalue weighted by atomic mass is 9.80. The summed E-state index contributed by atoms with van der Waals surface area (Å²) in [5.41, 5.74) is 1.79. The molecule has 0 saturated heterocycles. The van der Waals surface area contributed by atoms with Crippen LogP contribution in [-0.4, -0.2) is 16.0 Å². The lowest BCUT2D eigenvalue weighted by molar-refractivity contribution is -0.117. The number of rotatable bonds is 0. The second-order valence-corrected chi connectivity index (χ2v) is 4.99. The molecule has 1 fully saturated rings. The highest BCUT2D eigenvalue weighted by Gasteiger charge is 2.46. The zero-order valence-electron chi connectivity index (χ0n) is 8.99. The molecule has 84 valence electrons. The third kappa shape index (κ3) is 1.17. The topological polar surface area (TPSA) is 57.5 Å². The van der Waals surface area contributed by atoms with Gasteiger partial charge in [0, 0.05) is 29.9 Å². The van der Waals surface area contributed by atoms with E-state index in [-0.39, 0.29) is 16.9 Å². The minimum Gasteiger partial charge on any atom is -0.508 e. The summed E-state index contributed by atoms with van der Waals surface area (Å²) in [6, 6.07) is 3.10. The Hall–Kier alpha value is -1.51. The maximum atomic E-state index is 11.5. The quantitative estimate of drug-likeness (QED) is 0.700. The molecule has 2 aliphatic carbocycles. The van der Waals surface area contributed by atoms with Crippen LogP contribution >= 0.6 is 0 Å². The molecule has 1 saturated carbocycles. The standard InChI is InChI=1S/C13H14O3/c14-9-2-4-13(7-9)3-1-8-5-10(15)6-11(16)12(8)13/h5-6,15-16H,1-4,7H2/t13-/m0/s1. The molecule has 0 aromatic heterocycles. The van der Waals surface area contributed by atoms with Crippen LogP contribution in [0.25, 0.3) is 0 Å². The summed E-state index contributed by atoms with van der Waals surface area (Å²) in [7, 11) is 0. The number of aromatic hydroxyl groups is 2. The van der Waals surface area contributed by atoms with Crippen LogP contribution in [0.15, 0.2) is 12.1 Å². The summed E-state index contributed by atoms with van der Waals surface area (Å²) < 4.78 is 0. The van der Waals surface area contributed by atoms with Gasteiger partial charge in [-0.15, -0.1) is 0 Å². The fourth-order valence-corrected chi connectivity index (χ4v) is 3.34. The van der Waals surface area contributed by atoms with Gasteiger partial charge < -0.3 is 10.2 Å². The van der Waals surface area contributed by atoms with Gasteiger partial charge in [-0.3, -0.25) is 4.79 Å². The molecule has 3 nitrogen and oxygen atoms in total. The van der Waals surface area contributed by atoms with Gasteiger partial charge in [0.2, 0.25) is 0 Å². The number of carbonyl (C=O) groups excluding carboxylic acids is 1. The van der Waals surface area contributed by atoms with Gasteiger partial charge in [-0.25, -0.2) is 0 Å². The van der Waals surface area contributed by atoms with Gasteiger partial charge in [0.25, 0.3) is 0 Å². The molecule has 2 aliphatic rings. The van der Waals surface area contributed by atoms with E-state index in [1.54, 1.807) is 6.07 Å². The lowest BCUT2D eigenvalue weighted by Crippen LogP contribution is -2.18. The van der Waals surface area contributed by atoms with E-state index in [0.717, 1.165) is 30.4 Å². The minimum atomic E-state index is -0.135. The molecule has 0 radical (unpaired) electrons. The maximum Gasteiger partial charge on any atom is 0.133 e. The number of fused-ring (bicyclic) bond motifs is 2. The number of phenolic OH excluding ortho intramolecular Hbond substituents is 2. The van der Waals surface area contributed by atoms with Crippen LogP contribution in [0.5, 0.6) is 11.5 Å². The molecule has 1 atom stereocenters. The average Bonchev–Trinajstić information content (AvgIpc) is 2.73. The van der Waals surface area contributed by atoms with Crippen LogP contribution in [0.3, 0.4) is 0 Å². The number of carbonyl (C=O) groups is 1. The van der Waals surface area contributed by atoms with Gasteiger partial charge in [0.1, 0.15) is 17.3 Å². The van der Waals surface area contributed by atoms with Gasteiger partial charge >= 0.3 is 0 Å². The first-order valence-corrected chi connectivity index (χ1v) is 5.68. The van der Waals surface area contributed by atoms with Crippen molar-refractivity contribution in [1.29, 1.82) is 0 Å². The summed E-state index contributed by atoms with van der Waals surface area (Å²) in [6.07, 6.45) is 3.80. The van der Waals surface area contributed by atoms with E-state index in [2.05, 4.69) is 0 Å². The number of phenols is 2. The molecule has 0 heterocycles. The molecule has 2 N–H and O–H groups in total. The van der Waals surface area contributed by atoms with Crippen LogP contribution < -0.4 is 0 Å². The number of ketones is 1. The predicted molar refractivity (Wildman–Crippen MR) is 58.6 cm³/mol. The Labute approximate surface area is 93.7 Å². The largest absolute Gasteiger partial charge is 0.508 e. The first-order chi connectivity index (χ1) is 7.61. The zero-order valence-corrected chi connectivity index (χ0v) is 8.99. The Bertz CT molecular complexity index is 478. The fourth-order valence-electron chi connectivity index (χ4n) is 3.34. The van der Waals surface area contributed by atoms with Crippen molar-refractivity contribution in [2.45, 2.75) is 37.5 Å². The van der Waals surface area contributed by atoms with Crippen molar-refractivity contribution in [2.24, 2.45) is 0 Å². The molecule has 1 aromatic carbocycles. The Morgan fingerprint density at radius 1 is 1.12 bits per heavy atom. The van der Waals surface area contributed by atoms with Crippen LogP contribution in [0.2, 0.25) is 0 Å². The molecule has 1 spiro atoms. The summed E-state index contributed by atoms with van der Waals surface area (Å²) >= 11 is 0. The first-order valence-electron chi connectivity index (χ1n) is 5.68. The van der Waals surface area contributed by atoms with Crippen molar-refractivity contribution in [1.82, 2.24) is 0 Å². The molecule has 3 heteroatoms. The second kappa shape index (κ2) is 3.00. The van der Waals surface area contributed by atoms with Crippen molar-refractivity contribution in [3.05, 3.63) is 23.3 Å². The van der Waals surface area contributed by atoms with E-state index in [1.807, 2.05) is 0 Å². The van der Waals surface area contributed by atoms with E-state index in [1.165, 1.54) is 6.07 Å². The number of benzene rings is 1. The van der Waals surface area contributed by atoms with Gasteiger partial charge in [-0.1, -0.05) is 0 Å². The Balaban J connectivity index is 2.15. The normalized spacial score (nSPS) is 27.6. The molecule has 0 bridgehead atoms. The Morgan fingerprint density at radius 2 is 1.88 bits per heavy atom. The highest BCUT2D eigenvalue weighted by atomic mass is 16.3. The molecule has 16 heavy (non-hydrogen) atoms. The molecule has 1 aromatic rings. The summed E-state index contributed by atoms with van der Waals surface area (Å²) in [6.45, 7) is 0. The fraction of sp³-hybridized carbons (Fsp3) is 0.462. The third-order valence-corrected chi connectivity index (χ3v) is 4.01. The van der Waals surface area contributed by atoms with Crippen LogP contribution in [0.4, 0.5) is 0 Å². The van der Waals surface area contributed by atoms with E-state index in [4.69, 9.17) is 0 Å². The molecular weight excluding hydrogens is 204 g/mol. The van der Waals surface area contributed by atoms with Crippen molar-refractivity contribution < 1.29 is 15.0 Å². The zero-order chi connectivity index (χ0) is 11.3. The van der Waals surface area contributed by atoms with E-state index < -0.39 is 0 Å². The number of hydrogen-bond donors (Lipinski definition) is 2. The molecule has 0 unspecified atom stereocenters. The van der Waals surface area contributed by atoms with Gasteiger partial charge in [0.15, 0.2) is 0 Å². The van der Waals surface area contributed by atoms with Crippen molar-refractivity contribution in [3.8, 4) is 11.5 Å². The van der Waals surface area contributed by atoms with Crippen molar-refractivity contribution in [3.63, 3.8) is 0 Å². The number of Topliss-reactive ketones (excluding diaryl/α,β-unsaturated/α-hetero) is 1. The second-order valence-electron chi connectivity index (χ2n) is 4.99. The first kappa shape index (κ1) is 9.70. The van der Waals surface area contributed by atoms with Crippen LogP contribution in [0, 0.1) is 0 Å². The molecule has 3 rings (SSSR count). The van der Waals surface area contributed by atoms with Gasteiger partial charge in [0.05, 0.1) is 0 Å². The van der Waals surface area contributed by atoms with Gasteiger partial charge in [-0.2, -0.15) is 0 Å². The van der Waals surface area contributed by atoms with Crippen LogP contribution in [-0.2, 0) is 16.6 Å². The van der Waals surface area contributed by atoms with Crippen molar-refractivity contribution in [2.75, 3.05) is 0 Å². The third-order valence-electron chi connectivity index (χ3n) is 4.01. The smallest absolute Gasteiger partial charge is 0.133 e. The molecule has 0 aliphatic heterocycles. The SMILES string of the molecule is O=C1CC[C@@]2(CCc3cc(O)cc(O)c32)C1. The highest BCUT2D eigenvalue weighted by molar-refractivity contribution is 5.83. The monoisotopic (exact) mass is 218 g/mol. The highest BCUT2D eigenvalue weighted by Crippen LogP contribution is 2.52. The van der Waals surface area contributed by atoms with E-state index >= 15 is 0 Å². The molecule has 0 amide bonds. The summed E-state index contributed by atoms with van der Waals surface area (Å²) in [5, 5.41) is 19.4. The predicted octanol–water partition coefficient (Wildman–Crippen LogP) is 2.03. The lowest BCUT2D eigenvalue weighted by Gasteiger charge is -2.24. The summed E-state index contributed by atoms with van der Waals surface area (Å²) in [5.74, 6) is 0.556. The minimum absolute atomic E-state index is 0.109. The maximum absolute atomic E-state index is 11.5. The van der Waals surface area contributed by atoms with E-state index in [9.17, 15) is 15.0 Å². The average molecular weight is 218 g/mol. The van der Waals surface area contributed by atoms with Crippen molar-refractivity contribution >= 4 is 5.78 Å². The number of hydrogen-bond acceptors (Lipinski definition) is 3. The Morgan fingerprint density at radius 3 is 2.56 bits per heavy atom.